The Balaban J connectivity index is 2.20. The van der Waals surface area contributed by atoms with Gasteiger partial charge >= 0.3 is 12.1 Å². The van der Waals surface area contributed by atoms with Gasteiger partial charge in [-0.05, 0) is 11.1 Å². The third-order valence-electron chi connectivity index (χ3n) is 3.62. The number of hydrogen-bond donors (Lipinski definition) is 1. The summed E-state index contributed by atoms with van der Waals surface area (Å²) >= 11 is 0.562. The van der Waals surface area contributed by atoms with Crippen LogP contribution in [0.25, 0.3) is 0 Å². The van der Waals surface area contributed by atoms with E-state index in [2.05, 4.69) is 4.98 Å². The first-order valence-electron chi connectivity index (χ1n) is 7.29. The first-order valence-corrected chi connectivity index (χ1v) is 8.10. The molecule has 0 saturated heterocycles. The molecule has 1 heterocycles. The lowest BCUT2D eigenvalue weighted by Gasteiger charge is -2.15. The van der Waals surface area contributed by atoms with Crippen LogP contribution in [0.1, 0.15) is 37.4 Å². The highest BCUT2D eigenvalue weighted by Crippen LogP contribution is 2.40. The maximum Gasteiger partial charge on any atom is 0.435 e. The molecule has 128 valence electrons. The van der Waals surface area contributed by atoms with Crippen LogP contribution in [0.3, 0.4) is 0 Å². The van der Waals surface area contributed by atoms with Crippen LogP contribution in [0.15, 0.2) is 60.7 Å². The first kappa shape index (κ1) is 17.2. The van der Waals surface area contributed by atoms with E-state index in [1.54, 1.807) is 60.7 Å². The van der Waals surface area contributed by atoms with E-state index in [4.69, 9.17) is 5.11 Å². The number of halogens is 3. The fourth-order valence-corrected chi connectivity index (χ4v) is 3.65. The van der Waals surface area contributed by atoms with Crippen molar-refractivity contribution in [1.82, 2.24) is 4.98 Å². The van der Waals surface area contributed by atoms with E-state index in [1.807, 2.05) is 0 Å². The van der Waals surface area contributed by atoms with Crippen molar-refractivity contribution in [3.05, 3.63) is 87.4 Å². The molecular formula is C18H12F3NO2S. The summed E-state index contributed by atoms with van der Waals surface area (Å²) in [5, 5.41) is 9.23. The van der Waals surface area contributed by atoms with Crippen molar-refractivity contribution in [2.24, 2.45) is 0 Å². The van der Waals surface area contributed by atoms with Gasteiger partial charge in [-0.25, -0.2) is 9.78 Å². The van der Waals surface area contributed by atoms with Crippen LogP contribution in [0.4, 0.5) is 13.2 Å². The molecule has 0 atom stereocenters. The maximum absolute atomic E-state index is 13.2. The van der Waals surface area contributed by atoms with Gasteiger partial charge in [0.05, 0.1) is 5.92 Å². The Kier molecular flexibility index (Phi) is 4.59. The Bertz CT molecular complexity index is 837. The number of carbonyl (C=O) groups is 1. The number of thiazole rings is 1. The second-order valence-electron chi connectivity index (χ2n) is 5.29. The Morgan fingerprint density at radius 2 is 1.44 bits per heavy atom. The highest BCUT2D eigenvalue weighted by molar-refractivity contribution is 7.13. The molecule has 7 heteroatoms. The van der Waals surface area contributed by atoms with Gasteiger partial charge in [0.15, 0.2) is 5.69 Å². The van der Waals surface area contributed by atoms with Crippen LogP contribution in [-0.4, -0.2) is 16.1 Å². The van der Waals surface area contributed by atoms with Gasteiger partial charge in [-0.2, -0.15) is 13.2 Å². The topological polar surface area (TPSA) is 50.2 Å². The van der Waals surface area contributed by atoms with Crippen LogP contribution in [0.5, 0.6) is 0 Å². The van der Waals surface area contributed by atoms with E-state index in [0.29, 0.717) is 11.3 Å². The van der Waals surface area contributed by atoms with Crippen molar-refractivity contribution in [3.63, 3.8) is 0 Å². The SMILES string of the molecule is O=C(O)c1sc(C(c2ccccc2)c2ccccc2)nc1C(F)(F)F. The number of nitrogens with zero attached hydrogens (tertiary/aromatic N) is 1. The number of hydrogen-bond acceptors (Lipinski definition) is 3. The average molecular weight is 363 g/mol. The fourth-order valence-electron chi connectivity index (χ4n) is 2.57. The quantitative estimate of drug-likeness (QED) is 0.706. The van der Waals surface area contributed by atoms with Gasteiger partial charge < -0.3 is 5.11 Å². The summed E-state index contributed by atoms with van der Waals surface area (Å²) in [7, 11) is 0. The molecule has 0 unspecified atom stereocenters. The van der Waals surface area contributed by atoms with Crippen LogP contribution in [-0.2, 0) is 6.18 Å². The summed E-state index contributed by atoms with van der Waals surface area (Å²) in [6.07, 6.45) is -4.82. The molecule has 0 fully saturated rings. The van der Waals surface area contributed by atoms with Crippen LogP contribution in [0.2, 0.25) is 0 Å². The van der Waals surface area contributed by atoms with E-state index >= 15 is 0 Å². The van der Waals surface area contributed by atoms with Crippen molar-refractivity contribution in [2.45, 2.75) is 12.1 Å². The van der Waals surface area contributed by atoms with Crippen molar-refractivity contribution in [2.75, 3.05) is 0 Å². The van der Waals surface area contributed by atoms with Crippen LogP contribution >= 0.6 is 11.3 Å². The predicted molar refractivity (Wildman–Crippen MR) is 87.9 cm³/mol. The zero-order valence-corrected chi connectivity index (χ0v) is 13.5. The summed E-state index contributed by atoms with van der Waals surface area (Å²) in [6, 6.07) is 17.9. The lowest BCUT2D eigenvalue weighted by molar-refractivity contribution is -0.141. The van der Waals surface area contributed by atoms with E-state index in [9.17, 15) is 18.0 Å². The van der Waals surface area contributed by atoms with Crippen LogP contribution in [0, 0.1) is 0 Å². The normalized spacial score (nSPS) is 11.7. The summed E-state index contributed by atoms with van der Waals surface area (Å²) in [5.74, 6) is -2.20. The van der Waals surface area contributed by atoms with Gasteiger partial charge in [-0.1, -0.05) is 60.7 Å². The monoisotopic (exact) mass is 363 g/mol. The molecule has 2 aromatic carbocycles. The minimum atomic E-state index is -4.82. The molecule has 3 rings (SSSR count). The van der Waals surface area contributed by atoms with Gasteiger partial charge in [0.2, 0.25) is 0 Å². The van der Waals surface area contributed by atoms with Gasteiger partial charge in [0, 0.05) is 0 Å². The standard InChI is InChI=1S/C18H12F3NO2S/c19-18(20,21)15-14(17(23)24)25-16(22-15)13(11-7-3-1-4-8-11)12-9-5-2-6-10-12/h1-10,13H,(H,23,24). The Morgan fingerprint density at radius 1 is 0.960 bits per heavy atom. The molecule has 0 bridgehead atoms. The Labute approximate surface area is 145 Å². The van der Waals surface area contributed by atoms with Crippen molar-refractivity contribution in [3.8, 4) is 0 Å². The first-order chi connectivity index (χ1) is 11.9. The molecule has 3 aromatic rings. The number of aromatic carboxylic acids is 1. The van der Waals surface area contributed by atoms with Crippen molar-refractivity contribution >= 4 is 17.3 Å². The number of alkyl halides is 3. The molecule has 3 nitrogen and oxygen atoms in total. The zero-order chi connectivity index (χ0) is 18.0. The number of carboxylic acids is 1. The highest BCUT2D eigenvalue weighted by Gasteiger charge is 2.40. The number of rotatable bonds is 4. The van der Waals surface area contributed by atoms with Gasteiger partial charge in [0.25, 0.3) is 0 Å². The molecule has 0 aliphatic heterocycles. The molecule has 0 aliphatic carbocycles. The molecule has 1 aromatic heterocycles. The molecular weight excluding hydrogens is 351 g/mol. The molecule has 1 N–H and O–H groups in total. The maximum atomic E-state index is 13.2. The van der Waals surface area contributed by atoms with E-state index in [-0.39, 0.29) is 5.01 Å². The Hall–Kier alpha value is -2.67. The fraction of sp³-hybridized carbons (Fsp3) is 0.111. The third kappa shape index (κ3) is 3.56. The lowest BCUT2D eigenvalue weighted by atomic mass is 9.92. The summed E-state index contributed by atoms with van der Waals surface area (Å²) in [6.45, 7) is 0. The van der Waals surface area contributed by atoms with E-state index in [0.717, 1.165) is 11.1 Å². The van der Waals surface area contributed by atoms with Gasteiger partial charge in [-0.3, -0.25) is 0 Å². The van der Waals surface area contributed by atoms with Gasteiger partial charge in [-0.15, -0.1) is 11.3 Å². The summed E-state index contributed by atoms with van der Waals surface area (Å²) in [5.41, 5.74) is 0.137. The van der Waals surface area contributed by atoms with Gasteiger partial charge in [0.1, 0.15) is 9.88 Å². The minimum absolute atomic E-state index is 0.0992. The molecule has 0 saturated carbocycles. The number of carboxylic acid groups (broad SMARTS) is 1. The zero-order valence-electron chi connectivity index (χ0n) is 12.7. The molecule has 0 radical (unpaired) electrons. The molecule has 0 spiro atoms. The van der Waals surface area contributed by atoms with Crippen LogP contribution < -0.4 is 0 Å². The van der Waals surface area contributed by atoms with Crippen molar-refractivity contribution < 1.29 is 23.1 Å². The smallest absolute Gasteiger partial charge is 0.435 e. The summed E-state index contributed by atoms with van der Waals surface area (Å²) < 4.78 is 39.5. The second kappa shape index (κ2) is 6.68. The largest absolute Gasteiger partial charge is 0.477 e. The van der Waals surface area contributed by atoms with Crippen molar-refractivity contribution in [1.29, 1.82) is 0 Å². The predicted octanol–water partition coefficient (Wildman–Crippen LogP) is 5.04. The number of aromatic nitrogens is 1. The summed E-state index contributed by atoms with van der Waals surface area (Å²) in [4.78, 5) is 14.1. The lowest BCUT2D eigenvalue weighted by Crippen LogP contribution is -2.12. The average Bonchev–Trinajstić information content (AvgIpc) is 3.03. The van der Waals surface area contributed by atoms with E-state index < -0.39 is 28.6 Å². The highest BCUT2D eigenvalue weighted by atomic mass is 32.1. The molecule has 25 heavy (non-hydrogen) atoms. The number of benzene rings is 2. The third-order valence-corrected chi connectivity index (χ3v) is 4.73. The molecule has 0 aliphatic rings. The molecule has 0 amide bonds. The second-order valence-corrected chi connectivity index (χ2v) is 6.32. The van der Waals surface area contributed by atoms with E-state index in [1.165, 1.54) is 0 Å². The Morgan fingerprint density at radius 3 is 1.80 bits per heavy atom. The minimum Gasteiger partial charge on any atom is -0.477 e.